The second-order valence-corrected chi connectivity index (χ2v) is 4.34. The van der Waals surface area contributed by atoms with E-state index in [0.29, 0.717) is 6.54 Å². The van der Waals surface area contributed by atoms with Gasteiger partial charge in [0.1, 0.15) is 6.61 Å². The fraction of sp³-hybridized carbons (Fsp3) is 0.308. The van der Waals surface area contributed by atoms with Gasteiger partial charge >= 0.3 is 13.2 Å². The quantitative estimate of drug-likeness (QED) is 0.805. The summed E-state index contributed by atoms with van der Waals surface area (Å²) in [6.07, 6.45) is 2.62. The van der Waals surface area contributed by atoms with Gasteiger partial charge < -0.3 is 14.8 Å². The van der Waals surface area contributed by atoms with Crippen molar-refractivity contribution in [3.05, 3.63) is 47.6 Å². The molecule has 19 heavy (non-hydrogen) atoms. The van der Waals surface area contributed by atoms with Crippen LogP contribution in [0.2, 0.25) is 0 Å². The molecule has 1 aliphatic rings. The molecule has 0 atom stereocenters. The maximum atomic E-state index is 11.9. The molecule has 1 amide bonds. The van der Waals surface area contributed by atoms with Gasteiger partial charge in [0.15, 0.2) is 0 Å². The molecule has 0 aliphatic carbocycles. The normalized spacial score (nSPS) is 14.8. The highest BCUT2D eigenvalue weighted by Gasteiger charge is 2.29. The maximum Gasteiger partial charge on any atom is 0.505 e. The van der Waals surface area contributed by atoms with Crippen LogP contribution in [0, 0.1) is 0 Å². The minimum absolute atomic E-state index is 0.172. The number of amides is 1. The van der Waals surface area contributed by atoms with Crippen LogP contribution in [0.5, 0.6) is 0 Å². The number of hydrogen-bond donors (Lipinski definition) is 2. The summed E-state index contributed by atoms with van der Waals surface area (Å²) >= 11 is 0. The van der Waals surface area contributed by atoms with Crippen molar-refractivity contribution < 1.29 is 19.6 Å². The third kappa shape index (κ3) is 3.59. The molecule has 0 unspecified atom stereocenters. The van der Waals surface area contributed by atoms with Crippen molar-refractivity contribution in [3.63, 3.8) is 0 Å². The van der Waals surface area contributed by atoms with Crippen LogP contribution in [-0.4, -0.2) is 34.7 Å². The summed E-state index contributed by atoms with van der Waals surface area (Å²) in [5.41, 5.74) is 1.09. The van der Waals surface area contributed by atoms with Crippen molar-refractivity contribution >= 4 is 13.2 Å². The average Bonchev–Trinajstić information content (AvgIpc) is 2.46. The van der Waals surface area contributed by atoms with Crippen LogP contribution in [0.3, 0.4) is 0 Å². The molecule has 1 aromatic rings. The predicted octanol–water partition coefficient (Wildman–Crippen LogP) is 1.31. The second kappa shape index (κ2) is 6.40. The van der Waals surface area contributed by atoms with Crippen LogP contribution in [0.4, 0.5) is 4.79 Å². The van der Waals surface area contributed by atoms with Crippen molar-refractivity contribution in [1.82, 2.24) is 4.90 Å². The van der Waals surface area contributed by atoms with Crippen LogP contribution >= 0.6 is 0 Å². The van der Waals surface area contributed by atoms with E-state index in [4.69, 9.17) is 4.74 Å². The van der Waals surface area contributed by atoms with Gasteiger partial charge in [-0.2, -0.15) is 0 Å². The minimum Gasteiger partial charge on any atom is -0.444 e. The zero-order chi connectivity index (χ0) is 13.7. The Balaban J connectivity index is 1.96. The third-order valence-electron chi connectivity index (χ3n) is 2.94. The van der Waals surface area contributed by atoms with Gasteiger partial charge in [0.2, 0.25) is 0 Å². The molecule has 0 bridgehead atoms. The zero-order valence-corrected chi connectivity index (χ0v) is 10.5. The topological polar surface area (TPSA) is 70.0 Å². The molecule has 2 N–H and O–H groups in total. The van der Waals surface area contributed by atoms with E-state index in [9.17, 15) is 14.8 Å². The molecule has 1 aromatic carbocycles. The summed E-state index contributed by atoms with van der Waals surface area (Å²) in [4.78, 5) is 13.2. The second-order valence-electron chi connectivity index (χ2n) is 4.34. The first-order valence-corrected chi connectivity index (χ1v) is 6.23. The van der Waals surface area contributed by atoms with Gasteiger partial charge in [-0.1, -0.05) is 36.4 Å². The Morgan fingerprint density at radius 1 is 1.32 bits per heavy atom. The number of rotatable bonds is 3. The molecule has 1 aliphatic heterocycles. The van der Waals surface area contributed by atoms with Crippen LogP contribution in [0.1, 0.15) is 18.4 Å². The molecule has 1 heterocycles. The van der Waals surface area contributed by atoms with Gasteiger partial charge in [-0.15, -0.1) is 0 Å². The van der Waals surface area contributed by atoms with Gasteiger partial charge in [0, 0.05) is 6.54 Å². The highest BCUT2D eigenvalue weighted by atomic mass is 16.6. The maximum absolute atomic E-state index is 11.9. The lowest BCUT2D eigenvalue weighted by Crippen LogP contribution is -2.40. The first-order valence-electron chi connectivity index (χ1n) is 6.23. The number of allylic oxidation sites excluding steroid dienone is 1. The van der Waals surface area contributed by atoms with E-state index in [1.807, 2.05) is 30.3 Å². The van der Waals surface area contributed by atoms with E-state index in [0.717, 1.165) is 18.4 Å². The molecule has 0 fully saturated rings. The molecule has 100 valence electrons. The molecule has 5 nitrogen and oxygen atoms in total. The van der Waals surface area contributed by atoms with Crippen molar-refractivity contribution in [2.24, 2.45) is 0 Å². The largest absolute Gasteiger partial charge is 0.505 e. The molecule has 0 aromatic heterocycles. The fourth-order valence-electron chi connectivity index (χ4n) is 1.98. The Morgan fingerprint density at radius 3 is 2.74 bits per heavy atom. The van der Waals surface area contributed by atoms with Crippen LogP contribution in [0.25, 0.3) is 0 Å². The molecular weight excluding hydrogens is 245 g/mol. The van der Waals surface area contributed by atoms with E-state index < -0.39 is 13.2 Å². The summed E-state index contributed by atoms with van der Waals surface area (Å²) in [6.45, 7) is 0.613. The Kier molecular flexibility index (Phi) is 4.60. The highest BCUT2D eigenvalue weighted by Crippen LogP contribution is 2.17. The average molecular weight is 261 g/mol. The smallest absolute Gasteiger partial charge is 0.444 e. The first kappa shape index (κ1) is 13.6. The molecular formula is C13H16BNO4. The van der Waals surface area contributed by atoms with Crippen molar-refractivity contribution in [3.8, 4) is 0 Å². The van der Waals surface area contributed by atoms with E-state index in [2.05, 4.69) is 0 Å². The molecule has 0 radical (unpaired) electrons. The molecule has 2 rings (SSSR count). The van der Waals surface area contributed by atoms with Crippen LogP contribution in [0.15, 0.2) is 42.0 Å². The van der Waals surface area contributed by atoms with Gasteiger partial charge in [-0.05, 0) is 18.4 Å². The Bertz CT molecular complexity index is 461. The molecule has 0 saturated carbocycles. The first-order chi connectivity index (χ1) is 9.18. The number of ether oxygens (including phenoxy) is 1. The SMILES string of the molecule is O=C(OCc1ccccc1)N1CCCC=C1B(O)O. The highest BCUT2D eigenvalue weighted by molar-refractivity contribution is 6.50. The van der Waals surface area contributed by atoms with E-state index in [-0.39, 0.29) is 12.2 Å². The van der Waals surface area contributed by atoms with Crippen LogP contribution in [-0.2, 0) is 11.3 Å². The lowest BCUT2D eigenvalue weighted by molar-refractivity contribution is 0.106. The van der Waals surface area contributed by atoms with Gasteiger partial charge in [-0.25, -0.2) is 4.79 Å². The molecule has 0 saturated heterocycles. The van der Waals surface area contributed by atoms with Crippen molar-refractivity contribution in [2.75, 3.05) is 6.54 Å². The predicted molar refractivity (Wildman–Crippen MR) is 70.8 cm³/mol. The summed E-state index contributed by atoms with van der Waals surface area (Å²) in [6, 6.07) is 9.35. The Labute approximate surface area is 112 Å². The lowest BCUT2D eigenvalue weighted by atomic mass is 9.82. The standard InChI is InChI=1S/C13H16BNO4/c16-13(19-10-11-6-2-1-3-7-11)15-9-5-4-8-12(15)14(17)18/h1-3,6-8,17-18H,4-5,9-10H2. The lowest BCUT2D eigenvalue weighted by Gasteiger charge is -2.27. The van der Waals surface area contributed by atoms with Crippen molar-refractivity contribution in [2.45, 2.75) is 19.4 Å². The minimum atomic E-state index is -1.65. The van der Waals surface area contributed by atoms with Gasteiger partial charge in [0.05, 0.1) is 5.60 Å². The summed E-state index contributed by atoms with van der Waals surface area (Å²) in [7, 11) is -1.65. The van der Waals surface area contributed by atoms with Crippen LogP contribution < -0.4 is 0 Å². The number of nitrogens with zero attached hydrogens (tertiary/aromatic N) is 1. The number of benzene rings is 1. The Hall–Kier alpha value is -1.79. The van der Waals surface area contributed by atoms with Gasteiger partial charge in [0.25, 0.3) is 0 Å². The van der Waals surface area contributed by atoms with Crippen molar-refractivity contribution in [1.29, 1.82) is 0 Å². The molecule has 6 heteroatoms. The Morgan fingerprint density at radius 2 is 2.05 bits per heavy atom. The summed E-state index contributed by atoms with van der Waals surface area (Å²) in [5.74, 6) is 0. The number of carbonyl (C=O) groups is 1. The zero-order valence-electron chi connectivity index (χ0n) is 10.5. The molecule has 0 spiro atoms. The fourth-order valence-corrected chi connectivity index (χ4v) is 1.98. The van der Waals surface area contributed by atoms with E-state index in [1.54, 1.807) is 6.08 Å². The number of hydrogen-bond acceptors (Lipinski definition) is 4. The summed E-state index contributed by atoms with van der Waals surface area (Å²) in [5, 5.41) is 18.4. The van der Waals surface area contributed by atoms with Gasteiger partial charge in [-0.3, -0.25) is 4.90 Å². The number of carbonyl (C=O) groups excluding carboxylic acids is 1. The van der Waals surface area contributed by atoms with E-state index in [1.165, 1.54) is 4.90 Å². The third-order valence-corrected chi connectivity index (χ3v) is 2.94. The summed E-state index contributed by atoms with van der Waals surface area (Å²) < 4.78 is 5.17. The van der Waals surface area contributed by atoms with E-state index >= 15 is 0 Å². The monoisotopic (exact) mass is 261 g/mol.